The van der Waals surface area contributed by atoms with Crippen molar-refractivity contribution in [2.45, 2.75) is 143 Å². The van der Waals surface area contributed by atoms with Gasteiger partial charge in [-0.1, -0.05) is 0 Å². The second kappa shape index (κ2) is 23.1. The Balaban J connectivity index is 5.09. The summed E-state index contributed by atoms with van der Waals surface area (Å²) in [6, 6.07) is 0. The molecule has 1 atom stereocenters. The van der Waals surface area contributed by atoms with Crippen LogP contribution in [0.1, 0.15) is 143 Å². The van der Waals surface area contributed by atoms with Gasteiger partial charge < -0.3 is 0 Å². The Kier molecular flexibility index (Phi) is 23.3. The third-order valence-electron chi connectivity index (χ3n) is 7.37. The fourth-order valence-electron chi connectivity index (χ4n) is 5.33. The summed E-state index contributed by atoms with van der Waals surface area (Å²) in [7, 11) is -0.289. The van der Waals surface area contributed by atoms with E-state index in [-0.39, 0.29) is 7.61 Å². The van der Waals surface area contributed by atoms with Gasteiger partial charge in [0.15, 0.2) is 0 Å². The van der Waals surface area contributed by atoms with Crippen LogP contribution in [0.25, 0.3) is 0 Å². The van der Waals surface area contributed by atoms with Gasteiger partial charge in [0, 0.05) is 0 Å². The number of hydrogen-bond acceptors (Lipinski definition) is 1. The second-order valence-electron chi connectivity index (χ2n) is 10.2. The summed E-state index contributed by atoms with van der Waals surface area (Å²) < 4.78 is 0. The second-order valence-corrected chi connectivity index (χ2v) is 20.9. The molecular weight excluding hydrogens is 430 g/mol. The number of carboxylic acid groups (broad SMARTS) is 1. The van der Waals surface area contributed by atoms with E-state index in [1.165, 1.54) is 134 Å². The van der Waals surface area contributed by atoms with Gasteiger partial charge in [-0.05, 0) is 0 Å². The molecule has 0 rings (SSSR count). The molecule has 0 fully saturated rings. The Labute approximate surface area is 204 Å². The number of rotatable bonds is 25. The predicted octanol–water partition coefficient (Wildman–Crippen LogP) is 10.3. The van der Waals surface area contributed by atoms with Crippen LogP contribution in [0.15, 0.2) is 0 Å². The third kappa shape index (κ3) is 16.9. The van der Waals surface area contributed by atoms with E-state index < -0.39 is 12.9 Å². The number of carboxylic acids is 1. The Morgan fingerprint density at radius 3 is 1.16 bits per heavy atom. The van der Waals surface area contributed by atoms with Crippen LogP contribution < -0.4 is 0 Å². The Morgan fingerprint density at radius 1 is 0.562 bits per heavy atom. The molecule has 0 saturated carbocycles. The minimum absolute atomic E-state index is 0.289. The van der Waals surface area contributed by atoms with Crippen molar-refractivity contribution in [3.63, 3.8) is 0 Å². The Bertz CT molecular complexity index is 373. The first-order chi connectivity index (χ1) is 15.6. The van der Waals surface area contributed by atoms with Gasteiger partial charge in [-0.3, -0.25) is 0 Å². The SMILES string of the molecule is CCCCCCCC[PH](CCCCCCCC)(CCCCCCCC)P(CC)CC(=O)O. The number of aliphatic carboxylic acids is 1. The molecule has 0 aliphatic rings. The van der Waals surface area contributed by atoms with Crippen LogP contribution in [0.2, 0.25) is 0 Å². The van der Waals surface area contributed by atoms with Crippen LogP contribution in [0.4, 0.5) is 0 Å². The zero-order valence-electron chi connectivity index (χ0n) is 22.6. The summed E-state index contributed by atoms with van der Waals surface area (Å²) in [4.78, 5) is 11.8. The van der Waals surface area contributed by atoms with Crippen LogP contribution in [-0.4, -0.2) is 41.9 Å². The molecule has 0 aromatic rings. The fourth-order valence-corrected chi connectivity index (χ4v) is 19.0. The topological polar surface area (TPSA) is 37.3 Å². The van der Waals surface area contributed by atoms with Crippen molar-refractivity contribution >= 4 is 20.5 Å². The summed E-state index contributed by atoms with van der Waals surface area (Å²) in [5.74, 6) is -0.524. The van der Waals surface area contributed by atoms with Gasteiger partial charge in [0.2, 0.25) is 0 Å². The molecule has 0 aromatic heterocycles. The Morgan fingerprint density at radius 2 is 0.875 bits per heavy atom. The van der Waals surface area contributed by atoms with Crippen molar-refractivity contribution < 1.29 is 9.90 Å². The van der Waals surface area contributed by atoms with E-state index in [9.17, 15) is 9.90 Å². The monoisotopic (exact) mass is 490 g/mol. The standard InChI is InChI=1S/C28H60O2P2/c1-5-9-12-15-18-21-24-32(31(8-4)27-28(29)30,25-22-19-16-13-10-6-2)26-23-20-17-14-11-7-3/h32H,5-27H2,1-4H3,(H,29,30). The summed E-state index contributed by atoms with van der Waals surface area (Å²) in [6.07, 6.45) is 30.6. The maximum absolute atomic E-state index is 11.8. The first-order valence-electron chi connectivity index (χ1n) is 14.5. The summed E-state index contributed by atoms with van der Waals surface area (Å²) >= 11 is 0. The summed E-state index contributed by atoms with van der Waals surface area (Å²) in [5, 5.41) is 9.72. The number of hydrogen-bond donors (Lipinski definition) is 1. The van der Waals surface area contributed by atoms with Crippen LogP contribution in [0.3, 0.4) is 0 Å². The van der Waals surface area contributed by atoms with Gasteiger partial charge in [0.25, 0.3) is 0 Å². The predicted molar refractivity (Wildman–Crippen MR) is 153 cm³/mol. The molecular formula is C28H60O2P2. The van der Waals surface area contributed by atoms with Crippen molar-refractivity contribution in [3.05, 3.63) is 0 Å². The number of carbonyl (C=O) groups is 1. The maximum atomic E-state index is 11.8. The zero-order valence-corrected chi connectivity index (χ0v) is 24.5. The summed E-state index contributed by atoms with van der Waals surface area (Å²) in [5.41, 5.74) is 0. The average molecular weight is 491 g/mol. The van der Waals surface area contributed by atoms with E-state index >= 15 is 0 Å². The van der Waals surface area contributed by atoms with E-state index in [0.29, 0.717) is 6.16 Å². The molecule has 0 amide bonds. The van der Waals surface area contributed by atoms with Crippen molar-refractivity contribution in [2.24, 2.45) is 0 Å². The van der Waals surface area contributed by atoms with Crippen molar-refractivity contribution in [1.82, 2.24) is 0 Å². The third-order valence-corrected chi connectivity index (χ3v) is 21.4. The van der Waals surface area contributed by atoms with Crippen LogP contribution >= 0.6 is 14.6 Å². The molecule has 194 valence electrons. The van der Waals surface area contributed by atoms with Gasteiger partial charge in [0.05, 0.1) is 0 Å². The van der Waals surface area contributed by atoms with E-state index in [0.717, 1.165) is 6.16 Å². The molecule has 4 heteroatoms. The molecule has 2 nitrogen and oxygen atoms in total. The molecule has 0 saturated heterocycles. The minimum atomic E-state index is -1.51. The van der Waals surface area contributed by atoms with Crippen molar-refractivity contribution in [1.29, 1.82) is 0 Å². The van der Waals surface area contributed by atoms with Gasteiger partial charge in [0.1, 0.15) is 0 Å². The zero-order chi connectivity index (χ0) is 23.9. The van der Waals surface area contributed by atoms with E-state index in [2.05, 4.69) is 27.7 Å². The summed E-state index contributed by atoms with van der Waals surface area (Å²) in [6.45, 7) is 7.67. The Hall–Kier alpha value is 0.330. The van der Waals surface area contributed by atoms with Crippen molar-refractivity contribution in [3.8, 4) is 0 Å². The van der Waals surface area contributed by atoms with Gasteiger partial charge >= 0.3 is 205 Å². The first kappa shape index (κ1) is 32.3. The van der Waals surface area contributed by atoms with Gasteiger partial charge in [-0.2, -0.15) is 0 Å². The van der Waals surface area contributed by atoms with E-state index in [1.54, 1.807) is 0 Å². The van der Waals surface area contributed by atoms with Crippen LogP contribution in [0, 0.1) is 0 Å². The van der Waals surface area contributed by atoms with Crippen LogP contribution in [0.5, 0.6) is 0 Å². The normalized spacial score (nSPS) is 13.4. The van der Waals surface area contributed by atoms with E-state index in [1.807, 2.05) is 0 Å². The first-order valence-corrected chi connectivity index (χ1v) is 19.7. The quantitative estimate of drug-likeness (QED) is 0.102. The van der Waals surface area contributed by atoms with E-state index in [4.69, 9.17) is 0 Å². The molecule has 0 aliphatic heterocycles. The molecule has 0 radical (unpaired) electrons. The van der Waals surface area contributed by atoms with Crippen molar-refractivity contribution in [2.75, 3.05) is 30.8 Å². The molecule has 0 bridgehead atoms. The van der Waals surface area contributed by atoms with Crippen LogP contribution in [-0.2, 0) is 4.79 Å². The molecule has 0 aromatic carbocycles. The van der Waals surface area contributed by atoms with Gasteiger partial charge in [-0.25, -0.2) is 0 Å². The fraction of sp³-hybridized carbons (Fsp3) is 0.964. The molecule has 0 aliphatic carbocycles. The van der Waals surface area contributed by atoms with Gasteiger partial charge in [-0.15, -0.1) is 0 Å². The molecule has 32 heavy (non-hydrogen) atoms. The molecule has 0 heterocycles. The molecule has 1 unspecified atom stereocenters. The molecule has 0 spiro atoms. The number of unbranched alkanes of at least 4 members (excludes halogenated alkanes) is 15. The average Bonchev–Trinajstić information content (AvgIpc) is 2.78. The molecule has 1 N–H and O–H groups in total.